The van der Waals surface area contributed by atoms with E-state index in [4.69, 9.17) is 0 Å². The molecule has 3 nitrogen and oxygen atoms in total. The van der Waals surface area contributed by atoms with E-state index in [2.05, 4.69) is 49.2 Å². The van der Waals surface area contributed by atoms with Gasteiger partial charge >= 0.3 is 0 Å². The minimum absolute atomic E-state index is 1.14. The summed E-state index contributed by atoms with van der Waals surface area (Å²) < 4.78 is 1.26. The zero-order chi connectivity index (χ0) is 13.8. The summed E-state index contributed by atoms with van der Waals surface area (Å²) in [5.41, 5.74) is 2.81. The van der Waals surface area contributed by atoms with Gasteiger partial charge in [0, 0.05) is 50.3 Å². The molecule has 0 atom stereocenters. The van der Waals surface area contributed by atoms with Crippen LogP contribution in [0.25, 0.3) is 0 Å². The first kappa shape index (κ1) is 14.4. The van der Waals surface area contributed by atoms with Gasteiger partial charge in [-0.05, 0) is 52.9 Å². The van der Waals surface area contributed by atoms with E-state index in [-0.39, 0.29) is 0 Å². The molecule has 0 amide bonds. The van der Waals surface area contributed by atoms with Crippen LogP contribution in [0.15, 0.2) is 22.7 Å². The standard InChI is InChI=1S/C16H24BrN3/c17-15-13-14(5-10-19-11-6-18-7-12-19)3-4-16(15)20-8-1-2-9-20/h3-4,13,18H,1-2,5-12H2. The second-order valence-electron chi connectivity index (χ2n) is 5.82. The first-order valence-electron chi connectivity index (χ1n) is 7.79. The Balaban J connectivity index is 1.58. The fourth-order valence-electron chi connectivity index (χ4n) is 3.14. The summed E-state index contributed by atoms with van der Waals surface area (Å²) in [7, 11) is 0. The highest BCUT2D eigenvalue weighted by Gasteiger charge is 2.15. The number of anilines is 1. The van der Waals surface area contributed by atoms with Crippen molar-refractivity contribution in [1.29, 1.82) is 0 Å². The molecule has 1 aromatic rings. The molecule has 4 heteroatoms. The summed E-state index contributed by atoms with van der Waals surface area (Å²) in [6.07, 6.45) is 3.81. The monoisotopic (exact) mass is 337 g/mol. The molecule has 2 saturated heterocycles. The van der Waals surface area contributed by atoms with Crippen LogP contribution in [-0.2, 0) is 6.42 Å². The molecular formula is C16H24BrN3. The topological polar surface area (TPSA) is 18.5 Å². The molecule has 0 spiro atoms. The molecule has 0 unspecified atom stereocenters. The van der Waals surface area contributed by atoms with E-state index in [0.717, 1.165) is 19.5 Å². The van der Waals surface area contributed by atoms with Crippen molar-refractivity contribution in [1.82, 2.24) is 10.2 Å². The molecule has 0 saturated carbocycles. The summed E-state index contributed by atoms with van der Waals surface area (Å²) in [6, 6.07) is 6.92. The summed E-state index contributed by atoms with van der Waals surface area (Å²) in [5, 5.41) is 3.41. The fourth-order valence-corrected chi connectivity index (χ4v) is 3.82. The van der Waals surface area contributed by atoms with Crippen LogP contribution in [0.1, 0.15) is 18.4 Å². The van der Waals surface area contributed by atoms with Gasteiger partial charge in [0.2, 0.25) is 0 Å². The van der Waals surface area contributed by atoms with Crippen molar-refractivity contribution < 1.29 is 0 Å². The third-order valence-corrected chi connectivity index (χ3v) is 5.02. The molecule has 0 radical (unpaired) electrons. The smallest absolute Gasteiger partial charge is 0.0510 e. The van der Waals surface area contributed by atoms with Gasteiger partial charge in [0.1, 0.15) is 0 Å². The second-order valence-corrected chi connectivity index (χ2v) is 6.68. The van der Waals surface area contributed by atoms with Crippen molar-refractivity contribution in [2.24, 2.45) is 0 Å². The van der Waals surface area contributed by atoms with Crippen molar-refractivity contribution in [3.05, 3.63) is 28.2 Å². The van der Waals surface area contributed by atoms with Gasteiger partial charge in [0.25, 0.3) is 0 Å². The van der Waals surface area contributed by atoms with Gasteiger partial charge in [-0.3, -0.25) is 0 Å². The minimum Gasteiger partial charge on any atom is -0.371 e. The second kappa shape index (κ2) is 6.92. The predicted octanol–water partition coefficient (Wildman–Crippen LogP) is 2.50. The molecule has 0 bridgehead atoms. The highest BCUT2D eigenvalue weighted by molar-refractivity contribution is 9.10. The normalized spacial score (nSPS) is 20.6. The molecule has 110 valence electrons. The summed E-state index contributed by atoms with van der Waals surface area (Å²) in [5.74, 6) is 0. The highest BCUT2D eigenvalue weighted by atomic mass is 79.9. The zero-order valence-corrected chi connectivity index (χ0v) is 13.7. The molecule has 3 rings (SSSR count). The van der Waals surface area contributed by atoms with Gasteiger partial charge in [-0.1, -0.05) is 6.07 Å². The van der Waals surface area contributed by atoms with Gasteiger partial charge < -0.3 is 15.1 Å². The number of hydrogen-bond donors (Lipinski definition) is 1. The fraction of sp³-hybridized carbons (Fsp3) is 0.625. The lowest BCUT2D eigenvalue weighted by atomic mass is 10.1. The van der Waals surface area contributed by atoms with E-state index in [9.17, 15) is 0 Å². The lowest BCUT2D eigenvalue weighted by Crippen LogP contribution is -2.44. The summed E-state index contributed by atoms with van der Waals surface area (Å²) in [6.45, 7) is 8.24. The van der Waals surface area contributed by atoms with Gasteiger partial charge in [0.05, 0.1) is 5.69 Å². The SMILES string of the molecule is Brc1cc(CCN2CCNCC2)ccc1N1CCCC1. The summed E-state index contributed by atoms with van der Waals surface area (Å²) in [4.78, 5) is 5.04. The Hall–Kier alpha value is -0.580. The maximum Gasteiger partial charge on any atom is 0.0510 e. The maximum atomic E-state index is 3.76. The van der Waals surface area contributed by atoms with E-state index in [1.165, 1.54) is 61.3 Å². The van der Waals surface area contributed by atoms with Gasteiger partial charge in [-0.25, -0.2) is 0 Å². The van der Waals surface area contributed by atoms with Gasteiger partial charge in [-0.2, -0.15) is 0 Å². The van der Waals surface area contributed by atoms with Crippen LogP contribution in [0.4, 0.5) is 5.69 Å². The molecule has 2 heterocycles. The van der Waals surface area contributed by atoms with Crippen LogP contribution in [0.3, 0.4) is 0 Å². The minimum atomic E-state index is 1.14. The van der Waals surface area contributed by atoms with Crippen LogP contribution in [0, 0.1) is 0 Å². The van der Waals surface area contributed by atoms with Crippen LogP contribution in [0.2, 0.25) is 0 Å². The van der Waals surface area contributed by atoms with Crippen molar-refractivity contribution >= 4 is 21.6 Å². The average molecular weight is 338 g/mol. The Morgan fingerprint density at radius 3 is 2.50 bits per heavy atom. The lowest BCUT2D eigenvalue weighted by molar-refractivity contribution is 0.244. The van der Waals surface area contributed by atoms with Crippen LogP contribution in [-0.4, -0.2) is 50.7 Å². The Morgan fingerprint density at radius 2 is 1.80 bits per heavy atom. The van der Waals surface area contributed by atoms with Gasteiger partial charge in [-0.15, -0.1) is 0 Å². The van der Waals surface area contributed by atoms with Gasteiger partial charge in [0.15, 0.2) is 0 Å². The van der Waals surface area contributed by atoms with Crippen LogP contribution in [0.5, 0.6) is 0 Å². The lowest BCUT2D eigenvalue weighted by Gasteiger charge is -2.27. The molecular weight excluding hydrogens is 314 g/mol. The number of hydrogen-bond acceptors (Lipinski definition) is 3. The number of rotatable bonds is 4. The number of nitrogens with one attached hydrogen (secondary N) is 1. The Kier molecular flexibility index (Phi) is 4.97. The van der Waals surface area contributed by atoms with Crippen molar-refractivity contribution in [3.8, 4) is 0 Å². The third kappa shape index (κ3) is 3.54. The Morgan fingerprint density at radius 1 is 1.05 bits per heavy atom. The van der Waals surface area contributed by atoms with Crippen molar-refractivity contribution in [2.45, 2.75) is 19.3 Å². The molecule has 0 aromatic heterocycles. The highest BCUT2D eigenvalue weighted by Crippen LogP contribution is 2.30. The molecule has 1 aromatic carbocycles. The van der Waals surface area contributed by atoms with E-state index < -0.39 is 0 Å². The number of benzene rings is 1. The summed E-state index contributed by atoms with van der Waals surface area (Å²) >= 11 is 3.76. The average Bonchev–Trinajstić information content (AvgIpc) is 3.00. The molecule has 20 heavy (non-hydrogen) atoms. The molecule has 2 fully saturated rings. The van der Waals surface area contributed by atoms with E-state index >= 15 is 0 Å². The number of halogens is 1. The largest absolute Gasteiger partial charge is 0.371 e. The van der Waals surface area contributed by atoms with Crippen molar-refractivity contribution in [2.75, 3.05) is 50.7 Å². The molecule has 0 aliphatic carbocycles. The Labute approximate surface area is 130 Å². The Bertz CT molecular complexity index is 437. The zero-order valence-electron chi connectivity index (χ0n) is 12.1. The molecule has 2 aliphatic rings. The quantitative estimate of drug-likeness (QED) is 0.910. The van der Waals surface area contributed by atoms with E-state index in [1.807, 2.05) is 0 Å². The van der Waals surface area contributed by atoms with Crippen LogP contribution < -0.4 is 10.2 Å². The first-order chi connectivity index (χ1) is 9.83. The molecule has 1 N–H and O–H groups in total. The van der Waals surface area contributed by atoms with E-state index in [0.29, 0.717) is 0 Å². The predicted molar refractivity (Wildman–Crippen MR) is 88.6 cm³/mol. The maximum absolute atomic E-state index is 3.76. The first-order valence-corrected chi connectivity index (χ1v) is 8.59. The van der Waals surface area contributed by atoms with Crippen molar-refractivity contribution in [3.63, 3.8) is 0 Å². The molecule has 2 aliphatic heterocycles. The number of nitrogens with zero attached hydrogens (tertiary/aromatic N) is 2. The van der Waals surface area contributed by atoms with E-state index in [1.54, 1.807) is 0 Å². The number of piperazine rings is 1. The van der Waals surface area contributed by atoms with Crippen LogP contribution >= 0.6 is 15.9 Å². The third-order valence-electron chi connectivity index (χ3n) is 4.39.